The quantitative estimate of drug-likeness (QED) is 0.609. The molecule has 0 aliphatic rings. The van der Waals surface area contributed by atoms with Crippen LogP contribution in [0.1, 0.15) is 41.5 Å². The number of rotatable bonds is 6. The topological polar surface area (TPSA) is 29.1 Å². The number of amides is 1. The lowest BCUT2D eigenvalue weighted by Gasteiger charge is -2.19. The van der Waals surface area contributed by atoms with Gasteiger partial charge in [-0.2, -0.15) is 0 Å². The molecule has 1 amide bonds. The summed E-state index contributed by atoms with van der Waals surface area (Å²) in [6.45, 7) is 4.15. The Morgan fingerprint density at radius 3 is 1.96 bits per heavy atom. The van der Waals surface area contributed by atoms with Crippen molar-refractivity contribution in [1.82, 2.24) is 0 Å². The molecule has 0 aliphatic carbocycles. The van der Waals surface area contributed by atoms with Gasteiger partial charge in [-0.1, -0.05) is 85.8 Å². The molecule has 2 heteroatoms. The average Bonchev–Trinajstić information content (AvgIpc) is 2.69. The van der Waals surface area contributed by atoms with E-state index in [0.29, 0.717) is 6.42 Å². The van der Waals surface area contributed by atoms with E-state index in [-0.39, 0.29) is 11.8 Å². The van der Waals surface area contributed by atoms with E-state index >= 15 is 0 Å². The summed E-state index contributed by atoms with van der Waals surface area (Å²) >= 11 is 0. The second kappa shape index (κ2) is 8.48. The number of carbonyl (C=O) groups is 1. The minimum atomic E-state index is 0.0477. The monoisotopic (exact) mass is 343 g/mol. The van der Waals surface area contributed by atoms with Gasteiger partial charge in [-0.3, -0.25) is 4.79 Å². The lowest BCUT2D eigenvalue weighted by molar-refractivity contribution is -0.116. The fourth-order valence-electron chi connectivity index (χ4n) is 3.38. The van der Waals surface area contributed by atoms with Crippen molar-refractivity contribution in [1.29, 1.82) is 0 Å². The van der Waals surface area contributed by atoms with E-state index in [4.69, 9.17) is 0 Å². The van der Waals surface area contributed by atoms with Crippen LogP contribution in [-0.4, -0.2) is 5.91 Å². The first-order chi connectivity index (χ1) is 12.7. The Labute approximate surface area is 155 Å². The predicted octanol–water partition coefficient (Wildman–Crippen LogP) is 5.72. The average molecular weight is 343 g/mol. The van der Waals surface area contributed by atoms with Gasteiger partial charge in [0.1, 0.15) is 0 Å². The highest BCUT2D eigenvalue weighted by Gasteiger charge is 2.19. The van der Waals surface area contributed by atoms with Gasteiger partial charge in [0, 0.05) is 18.0 Å². The number of para-hydroxylation sites is 1. The summed E-state index contributed by atoms with van der Waals surface area (Å²) in [4.78, 5) is 12.9. The Kier molecular flexibility index (Phi) is 5.85. The van der Waals surface area contributed by atoms with Gasteiger partial charge in [0.05, 0.1) is 0 Å². The van der Waals surface area contributed by atoms with Crippen LogP contribution in [0.4, 0.5) is 5.69 Å². The molecule has 2 nitrogen and oxygen atoms in total. The summed E-state index contributed by atoms with van der Waals surface area (Å²) in [5.41, 5.74) is 5.56. The minimum absolute atomic E-state index is 0.0477. The van der Waals surface area contributed by atoms with Gasteiger partial charge < -0.3 is 5.32 Å². The van der Waals surface area contributed by atoms with Crippen LogP contribution >= 0.6 is 0 Å². The van der Waals surface area contributed by atoms with E-state index in [1.54, 1.807) is 0 Å². The highest BCUT2D eigenvalue weighted by Crippen LogP contribution is 2.29. The standard InChI is InChI=1S/C24H25NO/c1-3-19-16-10-11-18(2)24(19)25-23(26)17-22(20-12-6-4-7-13-20)21-14-8-5-9-15-21/h4-16,22H,3,17H2,1-2H3,(H,25,26). The molecule has 3 rings (SSSR count). The zero-order chi connectivity index (χ0) is 18.4. The van der Waals surface area contributed by atoms with E-state index in [1.807, 2.05) is 55.5 Å². The number of hydrogen-bond acceptors (Lipinski definition) is 1. The van der Waals surface area contributed by atoms with Crippen molar-refractivity contribution in [3.05, 3.63) is 101 Å². The second-order valence-corrected chi connectivity index (χ2v) is 6.59. The first-order valence-corrected chi connectivity index (χ1v) is 9.17. The van der Waals surface area contributed by atoms with Crippen LogP contribution in [0.2, 0.25) is 0 Å². The van der Waals surface area contributed by atoms with Crippen LogP contribution in [0.5, 0.6) is 0 Å². The molecule has 0 heterocycles. The summed E-state index contributed by atoms with van der Waals surface area (Å²) in [6, 6.07) is 26.7. The Hall–Kier alpha value is -2.87. The molecule has 3 aromatic carbocycles. The molecule has 0 aliphatic heterocycles. The summed E-state index contributed by atoms with van der Waals surface area (Å²) < 4.78 is 0. The minimum Gasteiger partial charge on any atom is -0.326 e. The molecular weight excluding hydrogens is 318 g/mol. The predicted molar refractivity (Wildman–Crippen MR) is 109 cm³/mol. The third kappa shape index (κ3) is 4.20. The van der Waals surface area contributed by atoms with Crippen molar-refractivity contribution in [3.8, 4) is 0 Å². The van der Waals surface area contributed by atoms with Crippen molar-refractivity contribution in [3.63, 3.8) is 0 Å². The number of carbonyl (C=O) groups excluding carboxylic acids is 1. The van der Waals surface area contributed by atoms with Crippen LogP contribution in [0, 0.1) is 6.92 Å². The van der Waals surface area contributed by atoms with Crippen molar-refractivity contribution in [2.45, 2.75) is 32.6 Å². The van der Waals surface area contributed by atoms with Gasteiger partial charge in [0.2, 0.25) is 5.91 Å². The maximum Gasteiger partial charge on any atom is 0.225 e. The van der Waals surface area contributed by atoms with E-state index in [1.165, 1.54) is 5.56 Å². The third-order valence-corrected chi connectivity index (χ3v) is 4.80. The maximum absolute atomic E-state index is 12.9. The third-order valence-electron chi connectivity index (χ3n) is 4.80. The number of hydrogen-bond donors (Lipinski definition) is 1. The fourth-order valence-corrected chi connectivity index (χ4v) is 3.38. The second-order valence-electron chi connectivity index (χ2n) is 6.59. The van der Waals surface area contributed by atoms with E-state index < -0.39 is 0 Å². The number of anilines is 1. The number of nitrogens with one attached hydrogen (secondary N) is 1. The Bertz CT molecular complexity index is 816. The van der Waals surface area contributed by atoms with Gasteiger partial charge in [0.25, 0.3) is 0 Å². The summed E-state index contributed by atoms with van der Waals surface area (Å²) in [5, 5.41) is 3.16. The summed E-state index contributed by atoms with van der Waals surface area (Å²) in [7, 11) is 0. The van der Waals surface area contributed by atoms with Gasteiger partial charge in [0.15, 0.2) is 0 Å². The first-order valence-electron chi connectivity index (χ1n) is 9.17. The Morgan fingerprint density at radius 2 is 1.42 bits per heavy atom. The molecule has 0 aromatic heterocycles. The molecular formula is C24H25NO. The zero-order valence-electron chi connectivity index (χ0n) is 15.4. The molecule has 0 saturated heterocycles. The molecule has 0 radical (unpaired) electrons. The molecule has 0 unspecified atom stereocenters. The highest BCUT2D eigenvalue weighted by atomic mass is 16.1. The highest BCUT2D eigenvalue weighted by molar-refractivity contribution is 5.93. The molecule has 0 atom stereocenters. The maximum atomic E-state index is 12.9. The van der Waals surface area contributed by atoms with Gasteiger partial charge >= 0.3 is 0 Å². The molecule has 3 aromatic rings. The molecule has 0 spiro atoms. The van der Waals surface area contributed by atoms with Crippen LogP contribution in [0.3, 0.4) is 0 Å². The fraction of sp³-hybridized carbons (Fsp3) is 0.208. The number of benzene rings is 3. The van der Waals surface area contributed by atoms with Crippen molar-refractivity contribution in [2.24, 2.45) is 0 Å². The lowest BCUT2D eigenvalue weighted by Crippen LogP contribution is -2.18. The van der Waals surface area contributed by atoms with Crippen molar-refractivity contribution in [2.75, 3.05) is 5.32 Å². The molecule has 0 saturated carbocycles. The van der Waals surface area contributed by atoms with E-state index in [0.717, 1.165) is 28.8 Å². The van der Waals surface area contributed by atoms with Gasteiger partial charge in [-0.15, -0.1) is 0 Å². The number of aryl methyl sites for hydroxylation is 2. The van der Waals surface area contributed by atoms with E-state index in [9.17, 15) is 4.79 Å². The van der Waals surface area contributed by atoms with Gasteiger partial charge in [-0.25, -0.2) is 0 Å². The molecule has 132 valence electrons. The van der Waals surface area contributed by atoms with Gasteiger partial charge in [-0.05, 0) is 35.6 Å². The molecule has 0 fully saturated rings. The Morgan fingerprint density at radius 1 is 0.846 bits per heavy atom. The van der Waals surface area contributed by atoms with Crippen LogP contribution < -0.4 is 5.32 Å². The first kappa shape index (κ1) is 17.9. The largest absolute Gasteiger partial charge is 0.326 e. The van der Waals surface area contributed by atoms with Crippen LogP contribution in [-0.2, 0) is 11.2 Å². The Balaban J connectivity index is 1.85. The van der Waals surface area contributed by atoms with Crippen molar-refractivity contribution < 1.29 is 4.79 Å². The molecule has 1 N–H and O–H groups in total. The SMILES string of the molecule is CCc1cccc(C)c1NC(=O)CC(c1ccccc1)c1ccccc1. The smallest absolute Gasteiger partial charge is 0.225 e. The summed E-state index contributed by atoms with van der Waals surface area (Å²) in [6.07, 6.45) is 1.32. The molecule has 26 heavy (non-hydrogen) atoms. The van der Waals surface area contributed by atoms with Crippen LogP contribution in [0.25, 0.3) is 0 Å². The normalized spacial score (nSPS) is 10.7. The lowest BCUT2D eigenvalue weighted by atomic mass is 9.88. The zero-order valence-corrected chi connectivity index (χ0v) is 15.4. The van der Waals surface area contributed by atoms with Crippen molar-refractivity contribution >= 4 is 11.6 Å². The summed E-state index contributed by atoms with van der Waals surface area (Å²) in [5.74, 6) is 0.0956. The molecule has 0 bridgehead atoms. The van der Waals surface area contributed by atoms with E-state index in [2.05, 4.69) is 42.6 Å². The van der Waals surface area contributed by atoms with Crippen LogP contribution in [0.15, 0.2) is 78.9 Å².